The highest BCUT2D eigenvalue weighted by atomic mass is 32.2. The van der Waals surface area contributed by atoms with Crippen LogP contribution in [0, 0.1) is 0 Å². The summed E-state index contributed by atoms with van der Waals surface area (Å²) in [6.45, 7) is 1.69. The minimum Gasteiger partial charge on any atom is -0.378 e. The van der Waals surface area contributed by atoms with E-state index < -0.39 is 10.0 Å². The van der Waals surface area contributed by atoms with Gasteiger partial charge in [0.2, 0.25) is 10.0 Å². The fourth-order valence-corrected chi connectivity index (χ4v) is 2.69. The van der Waals surface area contributed by atoms with E-state index in [4.69, 9.17) is 4.74 Å². The van der Waals surface area contributed by atoms with Gasteiger partial charge in [-0.2, -0.15) is 4.31 Å². The van der Waals surface area contributed by atoms with Gasteiger partial charge in [-0.25, -0.2) is 8.42 Å². The number of likely N-dealkylation sites (tertiary alicyclic amines) is 1. The van der Waals surface area contributed by atoms with Crippen LogP contribution in [0.3, 0.4) is 0 Å². The van der Waals surface area contributed by atoms with Crippen molar-refractivity contribution in [2.24, 2.45) is 0 Å². The molecule has 0 aromatic carbocycles. The Hall–Kier alpha value is -0.170. The Morgan fingerprint density at radius 2 is 2.07 bits per heavy atom. The number of hydrogen-bond acceptors (Lipinski definition) is 4. The minimum absolute atomic E-state index is 0.0384. The number of ether oxygens (including phenoxy) is 1. The molecule has 1 heterocycles. The molecule has 0 bridgehead atoms. The molecule has 5 nitrogen and oxygen atoms in total. The fraction of sp³-hybridized carbons (Fsp3) is 1.00. The zero-order valence-electron chi connectivity index (χ0n) is 9.80. The van der Waals surface area contributed by atoms with Crippen molar-refractivity contribution < 1.29 is 13.2 Å². The van der Waals surface area contributed by atoms with Crippen molar-refractivity contribution in [3.05, 3.63) is 0 Å². The van der Waals surface area contributed by atoms with E-state index in [2.05, 4.69) is 4.90 Å². The predicted octanol–water partition coefficient (Wildman–Crippen LogP) is -0.403. The summed E-state index contributed by atoms with van der Waals surface area (Å²) in [6.07, 6.45) is 2.01. The van der Waals surface area contributed by atoms with Crippen LogP contribution in [0.4, 0.5) is 0 Å². The normalized spacial score (nSPS) is 29.7. The molecule has 0 saturated carbocycles. The van der Waals surface area contributed by atoms with Crippen LogP contribution in [0.25, 0.3) is 0 Å². The number of piperidine rings is 1. The van der Waals surface area contributed by atoms with E-state index in [-0.39, 0.29) is 12.1 Å². The van der Waals surface area contributed by atoms with E-state index >= 15 is 0 Å². The van der Waals surface area contributed by atoms with Crippen LogP contribution in [0.2, 0.25) is 0 Å². The van der Waals surface area contributed by atoms with Gasteiger partial charge in [-0.1, -0.05) is 0 Å². The molecule has 0 amide bonds. The standard InChI is InChI=1S/C9H20N2O3S/c1-10-6-5-8(9(7-10)14-3)11(2)15(4,12)13/h8-9H,5-7H2,1-4H3. The average Bonchev–Trinajstić information content (AvgIpc) is 2.15. The van der Waals surface area contributed by atoms with E-state index in [9.17, 15) is 8.42 Å². The number of nitrogens with zero attached hydrogens (tertiary/aromatic N) is 2. The number of hydrogen-bond donors (Lipinski definition) is 0. The Bertz CT molecular complexity index is 304. The van der Waals surface area contributed by atoms with E-state index in [1.807, 2.05) is 7.05 Å². The third-order valence-electron chi connectivity index (χ3n) is 3.02. The maximum absolute atomic E-state index is 11.4. The summed E-state index contributed by atoms with van der Waals surface area (Å²) in [6, 6.07) is -0.0406. The van der Waals surface area contributed by atoms with E-state index in [1.54, 1.807) is 14.2 Å². The minimum atomic E-state index is -3.13. The smallest absolute Gasteiger partial charge is 0.211 e. The third kappa shape index (κ3) is 3.14. The van der Waals surface area contributed by atoms with Crippen molar-refractivity contribution in [2.75, 3.05) is 40.6 Å². The van der Waals surface area contributed by atoms with Gasteiger partial charge >= 0.3 is 0 Å². The van der Waals surface area contributed by atoms with Crippen molar-refractivity contribution in [3.8, 4) is 0 Å². The van der Waals surface area contributed by atoms with Crippen LogP contribution in [-0.4, -0.2) is 70.3 Å². The van der Waals surface area contributed by atoms with Crippen molar-refractivity contribution in [2.45, 2.75) is 18.6 Å². The Kier molecular flexibility index (Phi) is 4.11. The lowest BCUT2D eigenvalue weighted by atomic mass is 10.0. The zero-order valence-corrected chi connectivity index (χ0v) is 10.6. The van der Waals surface area contributed by atoms with Crippen molar-refractivity contribution in [3.63, 3.8) is 0 Å². The molecule has 0 aromatic rings. The maximum atomic E-state index is 11.4. The van der Waals surface area contributed by atoms with E-state index in [1.165, 1.54) is 10.6 Å². The first-order chi connectivity index (χ1) is 6.86. The van der Waals surface area contributed by atoms with Crippen molar-refractivity contribution in [1.29, 1.82) is 0 Å². The number of methoxy groups -OCH3 is 1. The molecule has 0 spiro atoms. The summed E-state index contributed by atoms with van der Waals surface area (Å²) in [5, 5.41) is 0. The predicted molar refractivity (Wildman–Crippen MR) is 59.3 cm³/mol. The molecule has 1 aliphatic heterocycles. The molecular formula is C9H20N2O3S. The Morgan fingerprint density at radius 3 is 2.53 bits per heavy atom. The largest absolute Gasteiger partial charge is 0.378 e. The summed E-state index contributed by atoms with van der Waals surface area (Å²) in [5.74, 6) is 0. The monoisotopic (exact) mass is 236 g/mol. The van der Waals surface area contributed by atoms with E-state index in [0.717, 1.165) is 19.5 Å². The van der Waals surface area contributed by atoms with Gasteiger partial charge in [-0.3, -0.25) is 0 Å². The molecule has 1 aliphatic rings. The first kappa shape index (κ1) is 12.9. The van der Waals surface area contributed by atoms with Crippen LogP contribution >= 0.6 is 0 Å². The Balaban J connectivity index is 2.76. The lowest BCUT2D eigenvalue weighted by molar-refractivity contribution is -0.00387. The molecule has 1 rings (SSSR count). The molecule has 15 heavy (non-hydrogen) atoms. The molecule has 0 aromatic heterocycles. The SMILES string of the molecule is COC1CN(C)CCC1N(C)S(C)(=O)=O. The van der Waals surface area contributed by atoms with Crippen LogP contribution in [0.15, 0.2) is 0 Å². The molecule has 1 saturated heterocycles. The lowest BCUT2D eigenvalue weighted by Crippen LogP contribution is -2.54. The van der Waals surface area contributed by atoms with Gasteiger partial charge in [0, 0.05) is 20.7 Å². The highest BCUT2D eigenvalue weighted by Gasteiger charge is 2.34. The van der Waals surface area contributed by atoms with Gasteiger partial charge in [0.1, 0.15) is 0 Å². The first-order valence-electron chi connectivity index (χ1n) is 5.00. The van der Waals surface area contributed by atoms with Crippen LogP contribution in [-0.2, 0) is 14.8 Å². The summed E-state index contributed by atoms with van der Waals surface area (Å²) >= 11 is 0. The molecule has 0 radical (unpaired) electrons. The molecule has 2 atom stereocenters. The van der Waals surface area contributed by atoms with Gasteiger partial charge in [-0.05, 0) is 20.0 Å². The molecule has 0 aliphatic carbocycles. The maximum Gasteiger partial charge on any atom is 0.211 e. The summed E-state index contributed by atoms with van der Waals surface area (Å²) < 4.78 is 29.6. The zero-order chi connectivity index (χ0) is 11.6. The highest BCUT2D eigenvalue weighted by Crippen LogP contribution is 2.19. The Morgan fingerprint density at radius 1 is 1.47 bits per heavy atom. The molecule has 90 valence electrons. The van der Waals surface area contributed by atoms with Gasteiger partial charge in [-0.15, -0.1) is 0 Å². The highest BCUT2D eigenvalue weighted by molar-refractivity contribution is 7.88. The van der Waals surface area contributed by atoms with Crippen LogP contribution in [0.1, 0.15) is 6.42 Å². The second-order valence-corrected chi connectivity index (χ2v) is 6.21. The average molecular weight is 236 g/mol. The topological polar surface area (TPSA) is 49.9 Å². The van der Waals surface area contributed by atoms with Crippen LogP contribution < -0.4 is 0 Å². The summed E-state index contributed by atoms with van der Waals surface area (Å²) in [4.78, 5) is 2.15. The molecule has 0 N–H and O–H groups in total. The van der Waals surface area contributed by atoms with Gasteiger partial charge in [0.25, 0.3) is 0 Å². The third-order valence-corrected chi connectivity index (χ3v) is 4.34. The number of sulfonamides is 1. The summed E-state index contributed by atoms with van der Waals surface area (Å²) in [5.41, 5.74) is 0. The Labute approximate surface area is 92.0 Å². The quantitative estimate of drug-likeness (QED) is 0.669. The van der Waals surface area contributed by atoms with Gasteiger partial charge in [0.15, 0.2) is 0 Å². The first-order valence-corrected chi connectivity index (χ1v) is 6.85. The molecular weight excluding hydrogens is 216 g/mol. The van der Waals surface area contributed by atoms with Crippen molar-refractivity contribution >= 4 is 10.0 Å². The lowest BCUT2D eigenvalue weighted by Gasteiger charge is -2.39. The number of rotatable bonds is 3. The van der Waals surface area contributed by atoms with Crippen molar-refractivity contribution in [1.82, 2.24) is 9.21 Å². The van der Waals surface area contributed by atoms with Crippen LogP contribution in [0.5, 0.6) is 0 Å². The summed E-state index contributed by atoms with van der Waals surface area (Å²) in [7, 11) is 2.14. The molecule has 2 unspecified atom stereocenters. The van der Waals surface area contributed by atoms with Gasteiger partial charge in [0.05, 0.1) is 18.4 Å². The van der Waals surface area contributed by atoms with Gasteiger partial charge < -0.3 is 9.64 Å². The van der Waals surface area contributed by atoms with E-state index in [0.29, 0.717) is 0 Å². The molecule has 6 heteroatoms. The molecule has 1 fully saturated rings. The fourth-order valence-electron chi connectivity index (χ4n) is 1.95. The second-order valence-electron chi connectivity index (χ2n) is 4.17. The number of likely N-dealkylation sites (N-methyl/N-ethyl adjacent to an activating group) is 2. The second kappa shape index (κ2) is 4.78.